The van der Waals surface area contributed by atoms with Crippen molar-refractivity contribution in [3.8, 4) is 0 Å². The molecule has 6 atom stereocenters. The molecule has 21 heavy (non-hydrogen) atoms. The van der Waals surface area contributed by atoms with Gasteiger partial charge in [-0.1, -0.05) is 20.3 Å². The molecule has 0 spiro atoms. The molecule has 0 amide bonds. The topological polar surface area (TPSA) is 20.2 Å². The third-order valence-corrected chi connectivity index (χ3v) is 8.45. The maximum absolute atomic E-state index is 9.52. The van der Waals surface area contributed by atoms with E-state index in [1.807, 2.05) is 0 Å². The van der Waals surface area contributed by atoms with E-state index in [0.29, 0.717) is 10.8 Å². The highest BCUT2D eigenvalue weighted by molar-refractivity contribution is 5.14. The van der Waals surface area contributed by atoms with Gasteiger partial charge in [-0.2, -0.15) is 0 Å². The van der Waals surface area contributed by atoms with Gasteiger partial charge in [-0.25, -0.2) is 0 Å². The Labute approximate surface area is 130 Å². The molecule has 0 radical (unpaired) electrons. The molecule has 1 heteroatoms. The van der Waals surface area contributed by atoms with Gasteiger partial charge >= 0.3 is 0 Å². The minimum Gasteiger partial charge on any atom is -0.516 e. The van der Waals surface area contributed by atoms with Crippen molar-refractivity contribution in [1.29, 1.82) is 0 Å². The second kappa shape index (κ2) is 4.77. The maximum atomic E-state index is 9.52. The second-order valence-corrected chi connectivity index (χ2v) is 9.24. The smallest absolute Gasteiger partial charge is 0.0783 e. The molecule has 4 aliphatic rings. The molecular formula is C20H32O. The fraction of sp³-hybridized carbons (Fsp3) is 0.900. The van der Waals surface area contributed by atoms with E-state index >= 15 is 0 Å². The molecule has 1 N–H and O–H groups in total. The highest BCUT2D eigenvalue weighted by Crippen LogP contribution is 2.66. The first-order valence-corrected chi connectivity index (χ1v) is 9.39. The Kier molecular flexibility index (Phi) is 3.21. The minimum atomic E-state index is 0.486. The van der Waals surface area contributed by atoms with Gasteiger partial charge in [0.2, 0.25) is 0 Å². The lowest BCUT2D eigenvalue weighted by atomic mass is 9.45. The Morgan fingerprint density at radius 2 is 1.86 bits per heavy atom. The Hall–Kier alpha value is -0.460. The fourth-order valence-corrected chi connectivity index (χ4v) is 7.32. The van der Waals surface area contributed by atoms with Crippen LogP contribution in [-0.2, 0) is 0 Å². The summed E-state index contributed by atoms with van der Waals surface area (Å²) in [5.41, 5.74) is 2.49. The lowest BCUT2D eigenvalue weighted by Crippen LogP contribution is -2.52. The molecule has 0 aromatic heterocycles. The zero-order valence-corrected chi connectivity index (χ0v) is 13.9. The summed E-state index contributed by atoms with van der Waals surface area (Å²) in [6.07, 6.45) is 15.5. The van der Waals surface area contributed by atoms with Crippen LogP contribution in [0.4, 0.5) is 0 Å². The van der Waals surface area contributed by atoms with Crippen molar-refractivity contribution in [2.45, 2.75) is 78.1 Å². The van der Waals surface area contributed by atoms with Gasteiger partial charge in [0.05, 0.1) is 6.26 Å². The highest BCUT2D eigenvalue weighted by Gasteiger charge is 2.57. The molecule has 4 saturated carbocycles. The summed E-state index contributed by atoms with van der Waals surface area (Å²) in [5, 5.41) is 9.52. The van der Waals surface area contributed by atoms with Crippen LogP contribution in [0.15, 0.2) is 11.8 Å². The van der Waals surface area contributed by atoms with Gasteiger partial charge in [-0.05, 0) is 97.9 Å². The van der Waals surface area contributed by atoms with E-state index in [1.54, 1.807) is 0 Å². The predicted molar refractivity (Wildman–Crippen MR) is 87.1 cm³/mol. The maximum Gasteiger partial charge on any atom is 0.0783 e. The molecule has 0 saturated heterocycles. The Bertz CT molecular complexity index is 453. The number of hydrogen-bond acceptors (Lipinski definition) is 1. The van der Waals surface area contributed by atoms with Crippen molar-refractivity contribution in [3.05, 3.63) is 11.8 Å². The van der Waals surface area contributed by atoms with Crippen molar-refractivity contribution in [2.24, 2.45) is 34.5 Å². The third kappa shape index (κ3) is 1.95. The SMILES string of the molecule is C[C@@]12CCC[C@H]1[C@@H]1CC[C@H]3CCC(=CO)C[C@]3(C)[C@H]1CC2. The number of fused-ring (bicyclic) bond motifs is 5. The van der Waals surface area contributed by atoms with Crippen LogP contribution in [0.5, 0.6) is 0 Å². The molecule has 0 aliphatic heterocycles. The summed E-state index contributed by atoms with van der Waals surface area (Å²) in [5.74, 6) is 3.86. The average Bonchev–Trinajstić information content (AvgIpc) is 2.87. The number of rotatable bonds is 0. The Morgan fingerprint density at radius 1 is 1.00 bits per heavy atom. The monoisotopic (exact) mass is 288 g/mol. The van der Waals surface area contributed by atoms with Gasteiger partial charge in [0.15, 0.2) is 0 Å². The summed E-state index contributed by atoms with van der Waals surface area (Å²) in [6.45, 7) is 5.17. The predicted octanol–water partition coefficient (Wildman–Crippen LogP) is 5.86. The molecular weight excluding hydrogens is 256 g/mol. The van der Waals surface area contributed by atoms with E-state index in [9.17, 15) is 5.11 Å². The highest BCUT2D eigenvalue weighted by atomic mass is 16.2. The fourth-order valence-electron chi connectivity index (χ4n) is 7.32. The van der Waals surface area contributed by atoms with E-state index in [0.717, 1.165) is 30.1 Å². The van der Waals surface area contributed by atoms with E-state index < -0.39 is 0 Å². The molecule has 1 nitrogen and oxygen atoms in total. The lowest BCUT2D eigenvalue weighted by molar-refractivity contribution is -0.0949. The van der Waals surface area contributed by atoms with E-state index in [1.165, 1.54) is 69.6 Å². The molecule has 0 aromatic carbocycles. The van der Waals surface area contributed by atoms with Gasteiger partial charge in [-0.3, -0.25) is 0 Å². The molecule has 0 bridgehead atoms. The summed E-state index contributed by atoms with van der Waals surface area (Å²) in [7, 11) is 0. The van der Waals surface area contributed by atoms with Crippen molar-refractivity contribution in [1.82, 2.24) is 0 Å². The van der Waals surface area contributed by atoms with E-state index in [4.69, 9.17) is 0 Å². The number of aliphatic hydroxyl groups excluding tert-OH is 1. The van der Waals surface area contributed by atoms with Crippen LogP contribution in [0.2, 0.25) is 0 Å². The molecule has 118 valence electrons. The summed E-state index contributed by atoms with van der Waals surface area (Å²) in [4.78, 5) is 0. The van der Waals surface area contributed by atoms with Gasteiger partial charge in [0.25, 0.3) is 0 Å². The van der Waals surface area contributed by atoms with E-state index in [2.05, 4.69) is 13.8 Å². The first kappa shape index (κ1) is 14.2. The standard InChI is InChI=1S/C20H32O/c1-19-10-3-4-17(19)16-8-7-15-6-5-14(13-21)12-20(15,2)18(16)9-11-19/h13,15-18,21H,3-12H2,1-2H3/t15-,16+,17+,18+,19+,20+/m1/s1. The van der Waals surface area contributed by atoms with Crippen molar-refractivity contribution >= 4 is 0 Å². The van der Waals surface area contributed by atoms with Crippen LogP contribution in [-0.4, -0.2) is 5.11 Å². The minimum absolute atomic E-state index is 0.486. The summed E-state index contributed by atoms with van der Waals surface area (Å²) in [6, 6.07) is 0. The second-order valence-electron chi connectivity index (χ2n) is 9.24. The third-order valence-electron chi connectivity index (χ3n) is 8.45. The molecule has 4 fully saturated rings. The van der Waals surface area contributed by atoms with Gasteiger partial charge in [0.1, 0.15) is 0 Å². The van der Waals surface area contributed by atoms with Gasteiger partial charge < -0.3 is 5.11 Å². The van der Waals surface area contributed by atoms with Crippen molar-refractivity contribution in [3.63, 3.8) is 0 Å². The van der Waals surface area contributed by atoms with Gasteiger partial charge in [0, 0.05) is 0 Å². The number of allylic oxidation sites excluding steroid dienone is 1. The molecule has 4 rings (SSSR count). The normalized spacial score (nSPS) is 54.9. The van der Waals surface area contributed by atoms with Crippen LogP contribution in [0, 0.1) is 34.5 Å². The van der Waals surface area contributed by atoms with Gasteiger partial charge in [-0.15, -0.1) is 0 Å². The van der Waals surface area contributed by atoms with Crippen LogP contribution < -0.4 is 0 Å². The molecule has 4 aliphatic carbocycles. The quantitative estimate of drug-likeness (QED) is 0.553. The Morgan fingerprint density at radius 3 is 2.67 bits per heavy atom. The number of aliphatic hydroxyl groups is 1. The first-order chi connectivity index (χ1) is 10.1. The first-order valence-electron chi connectivity index (χ1n) is 9.39. The zero-order valence-electron chi connectivity index (χ0n) is 13.9. The number of hydrogen-bond donors (Lipinski definition) is 1. The average molecular weight is 288 g/mol. The lowest BCUT2D eigenvalue weighted by Gasteiger charge is -2.60. The zero-order chi connectivity index (χ0) is 14.7. The van der Waals surface area contributed by atoms with Crippen molar-refractivity contribution in [2.75, 3.05) is 0 Å². The van der Waals surface area contributed by atoms with Crippen molar-refractivity contribution < 1.29 is 5.11 Å². The van der Waals surface area contributed by atoms with Crippen LogP contribution >= 0.6 is 0 Å². The van der Waals surface area contributed by atoms with Crippen LogP contribution in [0.1, 0.15) is 78.1 Å². The summed E-state index contributed by atoms with van der Waals surface area (Å²) < 4.78 is 0. The van der Waals surface area contributed by atoms with Crippen LogP contribution in [0.3, 0.4) is 0 Å². The van der Waals surface area contributed by atoms with E-state index in [-0.39, 0.29) is 0 Å². The summed E-state index contributed by atoms with van der Waals surface area (Å²) >= 11 is 0. The molecule has 0 heterocycles. The molecule has 0 unspecified atom stereocenters. The molecule has 0 aromatic rings. The Balaban J connectivity index is 1.65. The largest absolute Gasteiger partial charge is 0.516 e. The van der Waals surface area contributed by atoms with Crippen LogP contribution in [0.25, 0.3) is 0 Å².